The summed E-state index contributed by atoms with van der Waals surface area (Å²) in [5.74, 6) is -1.46. The van der Waals surface area contributed by atoms with E-state index in [-0.39, 0.29) is 16.7 Å². The third kappa shape index (κ3) is 2.05. The summed E-state index contributed by atoms with van der Waals surface area (Å²) in [7, 11) is 0. The van der Waals surface area contributed by atoms with Crippen molar-refractivity contribution in [2.75, 3.05) is 0 Å². The van der Waals surface area contributed by atoms with Crippen LogP contribution in [-0.4, -0.2) is 15.1 Å². The first-order valence-electron chi connectivity index (χ1n) is 6.21. The van der Waals surface area contributed by atoms with Crippen LogP contribution >= 0.6 is 0 Å². The van der Waals surface area contributed by atoms with Crippen LogP contribution in [0, 0.1) is 10.1 Å². The summed E-state index contributed by atoms with van der Waals surface area (Å²) in [4.78, 5) is 22.0. The van der Waals surface area contributed by atoms with E-state index in [1.807, 2.05) is 0 Å². The minimum Gasteiger partial charge on any atom is -0.502 e. The van der Waals surface area contributed by atoms with Crippen molar-refractivity contribution in [2.24, 2.45) is 0 Å². The highest BCUT2D eigenvalue weighted by Gasteiger charge is 2.25. The normalized spacial score (nSPS) is 10.7. The van der Waals surface area contributed by atoms with E-state index < -0.39 is 27.5 Å². The number of phenolic OH excluding ortho intramolecular Hbond substituents is 2. The van der Waals surface area contributed by atoms with Gasteiger partial charge in [-0.15, -0.1) is 0 Å². The van der Waals surface area contributed by atoms with Crippen molar-refractivity contribution >= 4 is 16.7 Å². The van der Waals surface area contributed by atoms with E-state index in [4.69, 9.17) is 4.42 Å². The van der Waals surface area contributed by atoms with Crippen molar-refractivity contribution in [3.8, 4) is 22.8 Å². The molecule has 7 heteroatoms. The van der Waals surface area contributed by atoms with Gasteiger partial charge in [0.05, 0.1) is 4.92 Å². The predicted octanol–water partition coefficient (Wildman–Crippen LogP) is 2.78. The molecule has 0 bridgehead atoms. The number of benzene rings is 2. The minimum absolute atomic E-state index is 0.132. The maximum Gasteiger partial charge on any atom is 0.352 e. The average Bonchev–Trinajstić information content (AvgIpc) is 2.46. The number of fused-ring (bicyclic) bond motifs is 1. The molecule has 110 valence electrons. The lowest BCUT2D eigenvalue weighted by atomic mass is 10.1. The van der Waals surface area contributed by atoms with Crippen LogP contribution in [0.3, 0.4) is 0 Å². The fourth-order valence-corrected chi connectivity index (χ4v) is 2.20. The summed E-state index contributed by atoms with van der Waals surface area (Å²) in [5.41, 5.74) is -1.07. The van der Waals surface area contributed by atoms with Crippen molar-refractivity contribution in [1.82, 2.24) is 0 Å². The Morgan fingerprint density at radius 3 is 2.41 bits per heavy atom. The van der Waals surface area contributed by atoms with Gasteiger partial charge in [0.25, 0.3) is 0 Å². The first kappa shape index (κ1) is 13.6. The number of rotatable bonds is 2. The Labute approximate surface area is 122 Å². The minimum atomic E-state index is -0.964. The molecule has 22 heavy (non-hydrogen) atoms. The van der Waals surface area contributed by atoms with E-state index in [0.29, 0.717) is 5.56 Å². The first-order valence-corrected chi connectivity index (χ1v) is 6.21. The molecular formula is C15H9NO6. The van der Waals surface area contributed by atoms with Crippen molar-refractivity contribution in [1.29, 1.82) is 0 Å². The molecule has 1 aromatic heterocycles. The summed E-state index contributed by atoms with van der Waals surface area (Å²) >= 11 is 0. The number of nitro groups is 1. The van der Waals surface area contributed by atoms with Crippen LogP contribution in [0.15, 0.2) is 51.7 Å². The Kier molecular flexibility index (Phi) is 3.03. The molecule has 0 aliphatic heterocycles. The van der Waals surface area contributed by atoms with Crippen LogP contribution in [0.5, 0.6) is 11.5 Å². The van der Waals surface area contributed by atoms with E-state index in [1.54, 1.807) is 30.3 Å². The standard InChI is InChI=1S/C15H9NO6/c17-9-6-11(8-4-2-1-3-5-8)22-12-7-10(18)14(16(20)21)15(19)13(9)12/h1-7,18-19H. The highest BCUT2D eigenvalue weighted by Crippen LogP contribution is 2.40. The van der Waals surface area contributed by atoms with Gasteiger partial charge < -0.3 is 14.6 Å². The zero-order chi connectivity index (χ0) is 15.9. The van der Waals surface area contributed by atoms with Crippen LogP contribution in [-0.2, 0) is 0 Å². The molecule has 0 radical (unpaired) electrons. The van der Waals surface area contributed by atoms with Crippen molar-refractivity contribution < 1.29 is 19.6 Å². The number of hydrogen-bond acceptors (Lipinski definition) is 6. The van der Waals surface area contributed by atoms with Gasteiger partial charge in [-0.3, -0.25) is 14.9 Å². The van der Waals surface area contributed by atoms with Crippen molar-refractivity contribution in [3.63, 3.8) is 0 Å². The maximum atomic E-state index is 12.2. The quantitative estimate of drug-likeness (QED) is 0.555. The Bertz CT molecular complexity index is 946. The summed E-state index contributed by atoms with van der Waals surface area (Å²) < 4.78 is 5.48. The molecule has 2 N–H and O–H groups in total. The van der Waals surface area contributed by atoms with Crippen LogP contribution in [0.2, 0.25) is 0 Å². The van der Waals surface area contributed by atoms with Crippen LogP contribution in [0.1, 0.15) is 0 Å². The van der Waals surface area contributed by atoms with Crippen molar-refractivity contribution in [2.45, 2.75) is 0 Å². The number of hydrogen-bond donors (Lipinski definition) is 2. The molecule has 0 unspecified atom stereocenters. The molecule has 0 aliphatic rings. The second kappa shape index (κ2) is 4.88. The van der Waals surface area contributed by atoms with E-state index in [2.05, 4.69) is 0 Å². The Morgan fingerprint density at radius 1 is 1.09 bits per heavy atom. The SMILES string of the molecule is O=c1cc(-c2ccccc2)oc2cc(O)c([N+](=O)[O-])c(O)c12. The van der Waals surface area contributed by atoms with E-state index in [0.717, 1.165) is 12.1 Å². The lowest BCUT2D eigenvalue weighted by Gasteiger charge is -2.06. The third-order valence-electron chi connectivity index (χ3n) is 3.19. The van der Waals surface area contributed by atoms with Gasteiger partial charge in [-0.05, 0) is 0 Å². The van der Waals surface area contributed by atoms with Gasteiger partial charge >= 0.3 is 5.69 Å². The summed E-state index contributed by atoms with van der Waals surface area (Å²) in [6.45, 7) is 0. The Balaban J connectivity index is 2.36. The Hall–Kier alpha value is -3.35. The van der Waals surface area contributed by atoms with Gasteiger partial charge in [0.2, 0.25) is 11.5 Å². The molecule has 7 nitrogen and oxygen atoms in total. The summed E-state index contributed by atoms with van der Waals surface area (Å²) in [6.07, 6.45) is 0. The lowest BCUT2D eigenvalue weighted by molar-refractivity contribution is -0.386. The molecule has 0 fully saturated rings. The molecule has 0 aliphatic carbocycles. The van der Waals surface area contributed by atoms with Crippen LogP contribution in [0.4, 0.5) is 5.69 Å². The second-order valence-electron chi connectivity index (χ2n) is 4.56. The average molecular weight is 299 g/mol. The van der Waals surface area contributed by atoms with E-state index in [1.165, 1.54) is 0 Å². The van der Waals surface area contributed by atoms with Gasteiger partial charge in [-0.1, -0.05) is 30.3 Å². The lowest BCUT2D eigenvalue weighted by Crippen LogP contribution is -2.02. The topological polar surface area (TPSA) is 114 Å². The number of phenols is 2. The summed E-state index contributed by atoms with van der Waals surface area (Å²) in [5, 5.41) is 30.0. The number of aromatic hydroxyl groups is 2. The third-order valence-corrected chi connectivity index (χ3v) is 3.19. The molecule has 3 aromatic rings. The first-order chi connectivity index (χ1) is 10.5. The predicted molar refractivity (Wildman–Crippen MR) is 77.9 cm³/mol. The van der Waals surface area contributed by atoms with Gasteiger partial charge in [0.15, 0.2) is 5.43 Å². The van der Waals surface area contributed by atoms with Crippen molar-refractivity contribution in [3.05, 3.63) is 62.8 Å². The van der Waals surface area contributed by atoms with Gasteiger partial charge in [0, 0.05) is 17.7 Å². The molecule has 0 saturated carbocycles. The van der Waals surface area contributed by atoms with Gasteiger partial charge in [0.1, 0.15) is 16.7 Å². The fraction of sp³-hybridized carbons (Fsp3) is 0. The van der Waals surface area contributed by atoms with Crippen LogP contribution in [0.25, 0.3) is 22.3 Å². The molecule has 0 saturated heterocycles. The van der Waals surface area contributed by atoms with E-state index >= 15 is 0 Å². The van der Waals surface area contributed by atoms with Gasteiger partial charge in [-0.2, -0.15) is 0 Å². The molecule has 2 aromatic carbocycles. The molecule has 3 rings (SSSR count). The monoisotopic (exact) mass is 299 g/mol. The molecule has 0 amide bonds. The maximum absolute atomic E-state index is 12.2. The molecule has 0 atom stereocenters. The second-order valence-corrected chi connectivity index (χ2v) is 4.56. The number of nitrogens with zero attached hydrogens (tertiary/aromatic N) is 1. The van der Waals surface area contributed by atoms with Crippen LogP contribution < -0.4 is 5.43 Å². The zero-order valence-electron chi connectivity index (χ0n) is 11.0. The highest BCUT2D eigenvalue weighted by molar-refractivity contribution is 5.91. The smallest absolute Gasteiger partial charge is 0.352 e. The zero-order valence-corrected chi connectivity index (χ0v) is 11.0. The largest absolute Gasteiger partial charge is 0.502 e. The number of nitro benzene ring substituents is 1. The fourth-order valence-electron chi connectivity index (χ4n) is 2.20. The van der Waals surface area contributed by atoms with E-state index in [9.17, 15) is 25.1 Å². The molecule has 1 heterocycles. The Morgan fingerprint density at radius 2 is 1.77 bits per heavy atom. The highest BCUT2D eigenvalue weighted by atomic mass is 16.6. The molecular weight excluding hydrogens is 290 g/mol. The van der Waals surface area contributed by atoms with Gasteiger partial charge in [-0.25, -0.2) is 0 Å². The molecule has 0 spiro atoms. The summed E-state index contributed by atoms with van der Waals surface area (Å²) in [6, 6.07) is 10.8.